The van der Waals surface area contributed by atoms with E-state index in [9.17, 15) is 5.11 Å². The van der Waals surface area contributed by atoms with Gasteiger partial charge in [0.15, 0.2) is 0 Å². The molecule has 1 aliphatic heterocycles. The van der Waals surface area contributed by atoms with Crippen LogP contribution in [-0.2, 0) is 0 Å². The summed E-state index contributed by atoms with van der Waals surface area (Å²) >= 11 is 0. The number of nitrogens with zero attached hydrogens (tertiary/aromatic N) is 3. The molecule has 0 radical (unpaired) electrons. The molecule has 1 aliphatic carbocycles. The van der Waals surface area contributed by atoms with Gasteiger partial charge in [-0.2, -0.15) is 0 Å². The maximum absolute atomic E-state index is 10.0. The molecule has 1 N–H and O–H groups in total. The molecule has 1 saturated carbocycles. The van der Waals surface area contributed by atoms with Gasteiger partial charge in [-0.05, 0) is 52.1 Å². The topological polar surface area (TPSA) is 49.2 Å². The third kappa shape index (κ3) is 2.65. The third-order valence-corrected chi connectivity index (χ3v) is 4.75. The Hall–Kier alpha value is -1.00. The Labute approximate surface area is 114 Å². The summed E-state index contributed by atoms with van der Waals surface area (Å²) in [5.74, 6) is 0.545. The van der Waals surface area contributed by atoms with E-state index >= 15 is 0 Å². The van der Waals surface area contributed by atoms with Crippen molar-refractivity contribution in [2.75, 3.05) is 13.1 Å². The van der Waals surface area contributed by atoms with E-state index < -0.39 is 0 Å². The Kier molecular flexibility index (Phi) is 3.80. The molecular weight excluding hydrogens is 238 g/mol. The molecule has 0 amide bonds. The molecule has 1 aromatic rings. The third-order valence-electron chi connectivity index (χ3n) is 4.75. The predicted molar refractivity (Wildman–Crippen MR) is 74.0 cm³/mol. The van der Waals surface area contributed by atoms with Crippen molar-refractivity contribution in [2.45, 2.75) is 57.1 Å². The Morgan fingerprint density at radius 3 is 2.47 bits per heavy atom. The van der Waals surface area contributed by atoms with Crippen LogP contribution in [0.1, 0.15) is 49.4 Å². The number of aliphatic hydroxyl groups excluding tert-OH is 1. The van der Waals surface area contributed by atoms with Crippen molar-refractivity contribution in [2.24, 2.45) is 0 Å². The molecule has 0 spiro atoms. The minimum atomic E-state index is -0.102. The Morgan fingerprint density at radius 1 is 1.11 bits per heavy atom. The molecule has 3 rings (SSSR count). The van der Waals surface area contributed by atoms with Crippen molar-refractivity contribution < 1.29 is 5.11 Å². The lowest BCUT2D eigenvalue weighted by Gasteiger charge is -2.37. The molecule has 1 aromatic heterocycles. The standard InChI is InChI=1S/C15H23N3O/c1-11-15(17-8-7-16-11)12-5-9-18(10-6-12)13-3-2-4-14(13)19/h7-8,12-14,19H,2-6,9-10H2,1H3/t13-,14-/m0/s1. The van der Waals surface area contributed by atoms with Crippen molar-refractivity contribution in [3.63, 3.8) is 0 Å². The van der Waals surface area contributed by atoms with Crippen molar-refractivity contribution in [1.29, 1.82) is 0 Å². The van der Waals surface area contributed by atoms with Gasteiger partial charge in [0.25, 0.3) is 0 Å². The number of hydrogen-bond donors (Lipinski definition) is 1. The molecule has 19 heavy (non-hydrogen) atoms. The van der Waals surface area contributed by atoms with Gasteiger partial charge in [0.1, 0.15) is 0 Å². The average Bonchev–Trinajstić information content (AvgIpc) is 2.86. The van der Waals surface area contributed by atoms with Gasteiger partial charge in [0.05, 0.1) is 17.5 Å². The van der Waals surface area contributed by atoms with Gasteiger partial charge in [0.2, 0.25) is 0 Å². The van der Waals surface area contributed by atoms with Crippen LogP contribution < -0.4 is 0 Å². The lowest BCUT2D eigenvalue weighted by atomic mass is 9.91. The molecule has 0 unspecified atom stereocenters. The van der Waals surface area contributed by atoms with Gasteiger partial charge >= 0.3 is 0 Å². The highest BCUT2D eigenvalue weighted by atomic mass is 16.3. The number of hydrogen-bond acceptors (Lipinski definition) is 4. The van der Waals surface area contributed by atoms with Crippen LogP contribution in [0.25, 0.3) is 0 Å². The molecule has 4 nitrogen and oxygen atoms in total. The number of aliphatic hydroxyl groups is 1. The van der Waals surface area contributed by atoms with Crippen LogP contribution in [0, 0.1) is 6.92 Å². The van der Waals surface area contributed by atoms with E-state index in [-0.39, 0.29) is 6.10 Å². The lowest BCUT2D eigenvalue weighted by molar-refractivity contribution is 0.0549. The number of aryl methyl sites for hydroxylation is 1. The summed E-state index contributed by atoms with van der Waals surface area (Å²) in [5.41, 5.74) is 2.25. The van der Waals surface area contributed by atoms with E-state index in [2.05, 4.69) is 21.8 Å². The molecule has 2 aliphatic rings. The van der Waals surface area contributed by atoms with Gasteiger partial charge in [-0.1, -0.05) is 0 Å². The highest BCUT2D eigenvalue weighted by molar-refractivity contribution is 5.15. The van der Waals surface area contributed by atoms with E-state index in [4.69, 9.17) is 0 Å². The number of rotatable bonds is 2. The van der Waals surface area contributed by atoms with E-state index in [1.54, 1.807) is 12.4 Å². The highest BCUT2D eigenvalue weighted by Crippen LogP contribution is 2.32. The Bertz CT molecular complexity index is 429. The fraction of sp³-hybridized carbons (Fsp3) is 0.733. The predicted octanol–water partition coefficient (Wildman–Crippen LogP) is 1.88. The van der Waals surface area contributed by atoms with E-state index in [1.165, 1.54) is 12.1 Å². The summed E-state index contributed by atoms with van der Waals surface area (Å²) in [5, 5.41) is 10.0. The van der Waals surface area contributed by atoms with Crippen molar-refractivity contribution in [1.82, 2.24) is 14.9 Å². The first kappa shape index (κ1) is 13.0. The van der Waals surface area contributed by atoms with Gasteiger partial charge in [0, 0.05) is 24.4 Å². The first-order chi connectivity index (χ1) is 9.25. The fourth-order valence-electron chi connectivity index (χ4n) is 3.67. The van der Waals surface area contributed by atoms with Gasteiger partial charge in [-0.25, -0.2) is 0 Å². The summed E-state index contributed by atoms with van der Waals surface area (Å²) in [6.45, 7) is 4.22. The lowest BCUT2D eigenvalue weighted by Crippen LogP contribution is -2.44. The molecular formula is C15H23N3O. The van der Waals surface area contributed by atoms with Crippen LogP contribution in [0.4, 0.5) is 0 Å². The van der Waals surface area contributed by atoms with Crippen molar-refractivity contribution in [3.05, 3.63) is 23.8 Å². The first-order valence-electron chi connectivity index (χ1n) is 7.45. The van der Waals surface area contributed by atoms with Gasteiger partial charge < -0.3 is 5.11 Å². The van der Waals surface area contributed by atoms with E-state index in [0.29, 0.717) is 12.0 Å². The SMILES string of the molecule is Cc1nccnc1C1CCN([C@H]2CCC[C@@H]2O)CC1. The molecule has 2 heterocycles. The molecule has 2 atom stereocenters. The van der Waals surface area contributed by atoms with Crippen LogP contribution in [0.3, 0.4) is 0 Å². The second kappa shape index (κ2) is 5.55. The second-order valence-corrected chi connectivity index (χ2v) is 5.90. The Morgan fingerprint density at radius 2 is 1.84 bits per heavy atom. The molecule has 104 valence electrons. The minimum absolute atomic E-state index is 0.102. The maximum Gasteiger partial charge on any atom is 0.0695 e. The molecule has 4 heteroatoms. The average molecular weight is 261 g/mol. The first-order valence-corrected chi connectivity index (χ1v) is 7.45. The highest BCUT2D eigenvalue weighted by Gasteiger charge is 2.33. The van der Waals surface area contributed by atoms with Crippen LogP contribution in [0.15, 0.2) is 12.4 Å². The zero-order valence-corrected chi connectivity index (χ0v) is 11.6. The summed E-state index contributed by atoms with van der Waals surface area (Å²) in [4.78, 5) is 11.3. The van der Waals surface area contributed by atoms with Gasteiger partial charge in [-0.15, -0.1) is 0 Å². The van der Waals surface area contributed by atoms with Crippen LogP contribution >= 0.6 is 0 Å². The minimum Gasteiger partial charge on any atom is -0.391 e. The quantitative estimate of drug-likeness (QED) is 0.883. The van der Waals surface area contributed by atoms with E-state index in [0.717, 1.165) is 44.5 Å². The molecule has 0 aromatic carbocycles. The molecule has 2 fully saturated rings. The number of aromatic nitrogens is 2. The zero-order valence-electron chi connectivity index (χ0n) is 11.6. The zero-order chi connectivity index (χ0) is 13.2. The summed E-state index contributed by atoms with van der Waals surface area (Å²) in [7, 11) is 0. The van der Waals surface area contributed by atoms with Crippen LogP contribution in [0.2, 0.25) is 0 Å². The fourth-order valence-corrected chi connectivity index (χ4v) is 3.67. The number of piperidine rings is 1. The summed E-state index contributed by atoms with van der Waals surface area (Å²) < 4.78 is 0. The van der Waals surface area contributed by atoms with Crippen LogP contribution in [0.5, 0.6) is 0 Å². The molecule has 1 saturated heterocycles. The molecule has 0 bridgehead atoms. The largest absolute Gasteiger partial charge is 0.391 e. The second-order valence-electron chi connectivity index (χ2n) is 5.90. The Balaban J connectivity index is 1.62. The summed E-state index contributed by atoms with van der Waals surface area (Å²) in [6.07, 6.45) is 9.07. The summed E-state index contributed by atoms with van der Waals surface area (Å²) in [6, 6.07) is 0.406. The number of likely N-dealkylation sites (tertiary alicyclic amines) is 1. The van der Waals surface area contributed by atoms with Gasteiger partial charge in [-0.3, -0.25) is 14.9 Å². The smallest absolute Gasteiger partial charge is 0.0695 e. The van der Waals surface area contributed by atoms with Crippen LogP contribution in [-0.4, -0.2) is 45.2 Å². The van der Waals surface area contributed by atoms with E-state index in [1.807, 2.05) is 0 Å². The van der Waals surface area contributed by atoms with Crippen molar-refractivity contribution in [3.8, 4) is 0 Å². The van der Waals surface area contributed by atoms with Crippen molar-refractivity contribution >= 4 is 0 Å². The maximum atomic E-state index is 10.0. The monoisotopic (exact) mass is 261 g/mol. The normalized spacial score (nSPS) is 29.8.